The Balaban J connectivity index is 2.15. The van der Waals surface area contributed by atoms with Crippen LogP contribution < -0.4 is 10.0 Å². The predicted octanol–water partition coefficient (Wildman–Crippen LogP) is 2.16. The second kappa shape index (κ2) is 6.99. The van der Waals surface area contributed by atoms with E-state index in [0.29, 0.717) is 11.3 Å². The van der Waals surface area contributed by atoms with E-state index in [1.165, 1.54) is 24.3 Å². The van der Waals surface area contributed by atoms with Crippen LogP contribution in [0, 0.1) is 19.3 Å². The fourth-order valence-corrected chi connectivity index (χ4v) is 2.91. The van der Waals surface area contributed by atoms with Gasteiger partial charge in [0.2, 0.25) is 0 Å². The Bertz CT molecular complexity index is 833. The fraction of sp³-hybridized carbons (Fsp3) is 0.118. The van der Waals surface area contributed by atoms with E-state index in [4.69, 9.17) is 6.42 Å². The number of hydrogen-bond acceptors (Lipinski definition) is 3. The van der Waals surface area contributed by atoms with Crippen molar-refractivity contribution in [1.29, 1.82) is 0 Å². The summed E-state index contributed by atoms with van der Waals surface area (Å²) in [5, 5.41) is 2.51. The molecule has 1 amide bonds. The molecule has 0 atom stereocenters. The Labute approximate surface area is 135 Å². The number of carbonyl (C=O) groups is 1. The Hall–Kier alpha value is -2.78. The molecule has 2 aromatic rings. The van der Waals surface area contributed by atoms with Crippen LogP contribution in [-0.2, 0) is 10.0 Å². The largest absolute Gasteiger partial charge is 0.341 e. The molecular formula is C17H16N2O3S. The minimum absolute atomic E-state index is 0.0755. The van der Waals surface area contributed by atoms with Gasteiger partial charge in [-0.05, 0) is 43.3 Å². The summed E-state index contributed by atoms with van der Waals surface area (Å²) < 4.78 is 27.1. The van der Waals surface area contributed by atoms with Crippen molar-refractivity contribution < 1.29 is 13.2 Å². The summed E-state index contributed by atoms with van der Waals surface area (Å²) in [4.78, 5) is 11.8. The number of amides is 1. The molecule has 0 aliphatic carbocycles. The second-order valence-electron chi connectivity index (χ2n) is 4.88. The topological polar surface area (TPSA) is 75.3 Å². The minimum atomic E-state index is -3.70. The average Bonchev–Trinajstić information content (AvgIpc) is 2.54. The Kier molecular flexibility index (Phi) is 5.04. The van der Waals surface area contributed by atoms with Crippen LogP contribution in [0.25, 0.3) is 0 Å². The molecule has 0 fully saturated rings. The molecule has 0 bridgehead atoms. The summed E-state index contributed by atoms with van der Waals surface area (Å²) in [6.45, 7) is 2.04. The number of nitrogens with one attached hydrogen (secondary N) is 2. The number of anilines is 1. The molecule has 0 aromatic heterocycles. The van der Waals surface area contributed by atoms with Gasteiger partial charge in [0.25, 0.3) is 15.9 Å². The second-order valence-corrected chi connectivity index (χ2v) is 6.57. The Morgan fingerprint density at radius 2 is 1.70 bits per heavy atom. The molecule has 0 unspecified atom stereocenters. The van der Waals surface area contributed by atoms with Crippen LogP contribution >= 0.6 is 0 Å². The number of carbonyl (C=O) groups excluding carboxylic acids is 1. The third kappa shape index (κ3) is 4.34. The zero-order valence-electron chi connectivity index (χ0n) is 12.5. The predicted molar refractivity (Wildman–Crippen MR) is 89.6 cm³/mol. The highest BCUT2D eigenvalue weighted by atomic mass is 32.2. The number of aryl methyl sites for hydroxylation is 1. The highest BCUT2D eigenvalue weighted by molar-refractivity contribution is 7.92. The van der Waals surface area contributed by atoms with Crippen LogP contribution in [0.15, 0.2) is 53.4 Å². The standard InChI is InChI=1S/C17H16N2O3S/c1-3-12-18-17(20)14-6-10-16(11-7-14)23(21,22)19-15-8-4-13(2)5-9-15/h1,4-11,19H,12H2,2H3,(H,18,20). The normalized spacial score (nSPS) is 10.6. The van der Waals surface area contributed by atoms with Crippen molar-refractivity contribution >= 4 is 21.6 Å². The first-order valence-corrected chi connectivity index (χ1v) is 8.32. The van der Waals surface area contributed by atoms with Crippen molar-refractivity contribution in [3.63, 3.8) is 0 Å². The maximum Gasteiger partial charge on any atom is 0.261 e. The van der Waals surface area contributed by atoms with Crippen LogP contribution in [0.4, 0.5) is 5.69 Å². The molecule has 0 saturated carbocycles. The van der Waals surface area contributed by atoms with Gasteiger partial charge in [-0.15, -0.1) is 6.42 Å². The first-order chi connectivity index (χ1) is 10.9. The summed E-state index contributed by atoms with van der Waals surface area (Å²) in [6, 6.07) is 12.6. The van der Waals surface area contributed by atoms with E-state index >= 15 is 0 Å². The van der Waals surface area contributed by atoms with E-state index in [1.807, 2.05) is 19.1 Å². The highest BCUT2D eigenvalue weighted by Gasteiger charge is 2.15. The van der Waals surface area contributed by atoms with E-state index in [9.17, 15) is 13.2 Å². The fourth-order valence-electron chi connectivity index (χ4n) is 1.85. The quantitative estimate of drug-likeness (QED) is 0.826. The lowest BCUT2D eigenvalue weighted by atomic mass is 10.2. The van der Waals surface area contributed by atoms with Gasteiger partial charge < -0.3 is 5.32 Å². The van der Waals surface area contributed by atoms with Crippen molar-refractivity contribution in [3.05, 3.63) is 59.7 Å². The molecule has 0 heterocycles. The average molecular weight is 328 g/mol. The first-order valence-electron chi connectivity index (χ1n) is 6.83. The number of benzene rings is 2. The van der Waals surface area contributed by atoms with Crippen molar-refractivity contribution in [1.82, 2.24) is 5.32 Å². The Morgan fingerprint density at radius 3 is 2.26 bits per heavy atom. The summed E-state index contributed by atoms with van der Waals surface area (Å²) >= 11 is 0. The van der Waals surface area contributed by atoms with Gasteiger partial charge in [-0.25, -0.2) is 8.42 Å². The molecule has 118 valence electrons. The van der Waals surface area contributed by atoms with Gasteiger partial charge in [0, 0.05) is 11.3 Å². The lowest BCUT2D eigenvalue weighted by molar-refractivity contribution is 0.0958. The van der Waals surface area contributed by atoms with Crippen molar-refractivity contribution in [2.75, 3.05) is 11.3 Å². The van der Waals surface area contributed by atoms with E-state index in [0.717, 1.165) is 5.56 Å². The molecular weight excluding hydrogens is 312 g/mol. The molecule has 0 saturated heterocycles. The van der Waals surface area contributed by atoms with E-state index in [1.54, 1.807) is 12.1 Å². The van der Waals surface area contributed by atoms with E-state index in [-0.39, 0.29) is 17.3 Å². The van der Waals surface area contributed by atoms with Gasteiger partial charge >= 0.3 is 0 Å². The molecule has 23 heavy (non-hydrogen) atoms. The summed E-state index contributed by atoms with van der Waals surface area (Å²) in [5.74, 6) is 1.95. The summed E-state index contributed by atoms with van der Waals surface area (Å²) in [5.41, 5.74) is 1.86. The monoisotopic (exact) mass is 328 g/mol. The minimum Gasteiger partial charge on any atom is -0.341 e. The van der Waals surface area contributed by atoms with Crippen LogP contribution in [0.5, 0.6) is 0 Å². The Morgan fingerprint density at radius 1 is 1.09 bits per heavy atom. The van der Waals surface area contributed by atoms with E-state index in [2.05, 4.69) is 16.0 Å². The van der Waals surface area contributed by atoms with Gasteiger partial charge in [0.15, 0.2) is 0 Å². The maximum absolute atomic E-state index is 12.3. The van der Waals surface area contributed by atoms with Gasteiger partial charge in [-0.3, -0.25) is 9.52 Å². The molecule has 0 spiro atoms. The number of rotatable bonds is 5. The van der Waals surface area contributed by atoms with Gasteiger partial charge in [0.1, 0.15) is 0 Å². The first kappa shape index (κ1) is 16.6. The van der Waals surface area contributed by atoms with Crippen molar-refractivity contribution in [2.24, 2.45) is 0 Å². The van der Waals surface area contributed by atoms with Crippen LogP contribution in [0.1, 0.15) is 15.9 Å². The lowest BCUT2D eigenvalue weighted by Gasteiger charge is -2.09. The van der Waals surface area contributed by atoms with Crippen molar-refractivity contribution in [3.8, 4) is 12.3 Å². The smallest absolute Gasteiger partial charge is 0.261 e. The molecule has 2 N–H and O–H groups in total. The molecule has 2 rings (SSSR count). The summed E-state index contributed by atoms with van der Waals surface area (Å²) in [6.07, 6.45) is 5.07. The molecule has 0 aliphatic rings. The number of terminal acetylenes is 1. The maximum atomic E-state index is 12.3. The zero-order chi connectivity index (χ0) is 16.9. The van der Waals surface area contributed by atoms with Crippen LogP contribution in [-0.4, -0.2) is 20.9 Å². The van der Waals surface area contributed by atoms with Gasteiger partial charge in [0.05, 0.1) is 11.4 Å². The van der Waals surface area contributed by atoms with Gasteiger partial charge in [-0.2, -0.15) is 0 Å². The van der Waals surface area contributed by atoms with E-state index < -0.39 is 10.0 Å². The SMILES string of the molecule is C#CCNC(=O)c1ccc(S(=O)(=O)Nc2ccc(C)cc2)cc1. The molecule has 6 heteroatoms. The lowest BCUT2D eigenvalue weighted by Crippen LogP contribution is -2.23. The molecule has 0 radical (unpaired) electrons. The van der Waals surface area contributed by atoms with Gasteiger partial charge in [-0.1, -0.05) is 23.6 Å². The van der Waals surface area contributed by atoms with Crippen molar-refractivity contribution in [2.45, 2.75) is 11.8 Å². The van der Waals surface area contributed by atoms with Crippen LogP contribution in [0.3, 0.4) is 0 Å². The third-order valence-corrected chi connectivity index (χ3v) is 4.48. The third-order valence-electron chi connectivity index (χ3n) is 3.08. The molecule has 2 aromatic carbocycles. The molecule has 5 nitrogen and oxygen atoms in total. The number of hydrogen-bond donors (Lipinski definition) is 2. The number of sulfonamides is 1. The molecule has 0 aliphatic heterocycles. The summed E-state index contributed by atoms with van der Waals surface area (Å²) in [7, 11) is -3.70. The highest BCUT2D eigenvalue weighted by Crippen LogP contribution is 2.17. The zero-order valence-corrected chi connectivity index (χ0v) is 13.4. The van der Waals surface area contributed by atoms with Crippen LogP contribution in [0.2, 0.25) is 0 Å².